The van der Waals surface area contributed by atoms with E-state index < -0.39 is 0 Å². The van der Waals surface area contributed by atoms with E-state index in [1.807, 2.05) is 30.3 Å². The Bertz CT molecular complexity index is 1290. The summed E-state index contributed by atoms with van der Waals surface area (Å²) in [4.78, 5) is 7.95. The largest absolute Gasteiger partial charge is 0.493 e. The molecule has 0 spiro atoms. The number of aromatic nitrogens is 2. The van der Waals surface area contributed by atoms with Crippen LogP contribution >= 0.6 is 0 Å². The molecule has 5 rings (SSSR count). The van der Waals surface area contributed by atoms with Crippen molar-refractivity contribution < 1.29 is 18.9 Å². The van der Waals surface area contributed by atoms with Crippen LogP contribution in [0, 0.1) is 17.2 Å². The highest BCUT2D eigenvalue weighted by molar-refractivity contribution is 5.94. The Morgan fingerprint density at radius 2 is 1.88 bits per heavy atom. The van der Waals surface area contributed by atoms with Crippen molar-refractivity contribution in [1.29, 1.82) is 5.26 Å². The van der Waals surface area contributed by atoms with Crippen molar-refractivity contribution in [2.75, 3.05) is 27.4 Å². The molecule has 2 aliphatic rings. The molecule has 1 N–H and O–H groups in total. The number of methoxy groups -OCH3 is 2. The first-order chi connectivity index (χ1) is 16.7. The maximum Gasteiger partial charge on any atom is 0.161 e. The smallest absolute Gasteiger partial charge is 0.161 e. The summed E-state index contributed by atoms with van der Waals surface area (Å²) < 4.78 is 22.4. The number of nitriles is 1. The second-order valence-electron chi connectivity index (χ2n) is 8.45. The molecule has 1 aliphatic heterocycles. The monoisotopic (exact) mass is 457 g/mol. The van der Waals surface area contributed by atoms with Gasteiger partial charge in [-0.25, -0.2) is 4.98 Å². The lowest BCUT2D eigenvalue weighted by Gasteiger charge is -2.28. The first kappa shape index (κ1) is 22.1. The van der Waals surface area contributed by atoms with Crippen LogP contribution < -0.4 is 9.47 Å². The number of hydrogen-bond donors (Lipinski definition) is 1. The van der Waals surface area contributed by atoms with Crippen molar-refractivity contribution in [3.8, 4) is 28.8 Å². The molecular weight excluding hydrogens is 430 g/mol. The molecule has 1 aromatic carbocycles. The summed E-state index contributed by atoms with van der Waals surface area (Å²) in [7, 11) is 3.25. The minimum absolute atomic E-state index is 0.118. The minimum Gasteiger partial charge on any atom is -0.493 e. The van der Waals surface area contributed by atoms with Gasteiger partial charge in [-0.2, -0.15) is 5.26 Å². The van der Waals surface area contributed by atoms with Gasteiger partial charge in [0.05, 0.1) is 33.5 Å². The van der Waals surface area contributed by atoms with Crippen molar-refractivity contribution in [2.45, 2.75) is 25.4 Å². The first-order valence-corrected chi connectivity index (χ1v) is 11.5. The zero-order valence-electron chi connectivity index (χ0n) is 19.3. The van der Waals surface area contributed by atoms with Crippen LogP contribution in [0.3, 0.4) is 0 Å². The van der Waals surface area contributed by atoms with E-state index in [1.54, 1.807) is 20.4 Å². The number of ether oxygens (including phenoxy) is 4. The summed E-state index contributed by atoms with van der Waals surface area (Å²) >= 11 is 0. The molecule has 2 aromatic heterocycles. The second kappa shape index (κ2) is 9.62. The average Bonchev–Trinajstić information content (AvgIpc) is 3.34. The highest BCUT2D eigenvalue weighted by atomic mass is 16.5. The van der Waals surface area contributed by atoms with Gasteiger partial charge in [0.25, 0.3) is 0 Å². The summed E-state index contributed by atoms with van der Waals surface area (Å²) in [5, 5.41) is 10.9. The van der Waals surface area contributed by atoms with Crippen LogP contribution in [0.5, 0.6) is 11.5 Å². The fourth-order valence-corrected chi connectivity index (χ4v) is 4.57. The third-order valence-corrected chi connectivity index (χ3v) is 6.42. The lowest BCUT2D eigenvalue weighted by atomic mass is 9.88. The molecule has 1 fully saturated rings. The number of benzene rings is 1. The van der Waals surface area contributed by atoms with Crippen LogP contribution in [0.15, 0.2) is 54.4 Å². The Kier molecular flexibility index (Phi) is 6.24. The highest BCUT2D eigenvalue weighted by Gasteiger charge is 2.26. The van der Waals surface area contributed by atoms with E-state index in [4.69, 9.17) is 18.9 Å². The number of aromatic amines is 1. The van der Waals surface area contributed by atoms with E-state index in [9.17, 15) is 5.26 Å². The van der Waals surface area contributed by atoms with E-state index in [2.05, 4.69) is 28.2 Å². The van der Waals surface area contributed by atoms with Crippen molar-refractivity contribution in [1.82, 2.24) is 9.97 Å². The Morgan fingerprint density at radius 3 is 2.65 bits per heavy atom. The Balaban J connectivity index is 1.47. The lowest BCUT2D eigenvalue weighted by molar-refractivity contribution is -0.00914. The van der Waals surface area contributed by atoms with E-state index in [0.717, 1.165) is 52.0 Å². The molecule has 1 aliphatic carbocycles. The quantitative estimate of drug-likeness (QED) is 0.544. The van der Waals surface area contributed by atoms with Gasteiger partial charge in [-0.05, 0) is 54.0 Å². The molecule has 0 bridgehead atoms. The van der Waals surface area contributed by atoms with Crippen LogP contribution in [0.4, 0.5) is 0 Å². The number of nitrogens with zero attached hydrogens (tertiary/aromatic N) is 2. The minimum atomic E-state index is -0.310. The van der Waals surface area contributed by atoms with Crippen LogP contribution in [-0.4, -0.2) is 43.5 Å². The van der Waals surface area contributed by atoms with Gasteiger partial charge in [-0.15, -0.1) is 0 Å². The van der Waals surface area contributed by atoms with Crippen LogP contribution in [-0.2, 0) is 9.47 Å². The summed E-state index contributed by atoms with van der Waals surface area (Å²) in [5.41, 5.74) is 4.86. The molecular formula is C27H27N3O4. The van der Waals surface area contributed by atoms with E-state index in [-0.39, 0.29) is 12.0 Å². The van der Waals surface area contributed by atoms with Crippen LogP contribution in [0.25, 0.3) is 27.9 Å². The second-order valence-corrected chi connectivity index (χ2v) is 8.45. The summed E-state index contributed by atoms with van der Waals surface area (Å²) in [6.45, 7) is 1.42. The van der Waals surface area contributed by atoms with Gasteiger partial charge in [-0.1, -0.05) is 6.08 Å². The number of hydrogen-bond acceptors (Lipinski definition) is 6. The van der Waals surface area contributed by atoms with Crippen molar-refractivity contribution in [2.24, 2.45) is 5.92 Å². The van der Waals surface area contributed by atoms with Gasteiger partial charge in [0, 0.05) is 35.7 Å². The number of pyridine rings is 1. The third-order valence-electron chi connectivity index (χ3n) is 6.42. The standard InChI is InChI=1S/C27H27N3O4/c1-31-25-6-4-18(14-26(25)32-2)23-15-22-21(7-10-29-27(22)30-23)17-3-5-24(19(13-17)16-28)34-20-8-11-33-12-9-20/h3-7,10,14-15,19-20H,8-9,11-13H2,1-2H3,(H,29,30). The Labute approximate surface area is 198 Å². The van der Waals surface area contributed by atoms with Gasteiger partial charge in [-0.3, -0.25) is 0 Å². The number of allylic oxidation sites excluding steroid dienone is 4. The lowest BCUT2D eigenvalue weighted by Crippen LogP contribution is -2.25. The predicted molar refractivity (Wildman–Crippen MR) is 129 cm³/mol. The van der Waals surface area contributed by atoms with E-state index >= 15 is 0 Å². The predicted octanol–water partition coefficient (Wildman–Crippen LogP) is 5.25. The molecule has 7 heteroatoms. The maximum absolute atomic E-state index is 9.85. The molecule has 0 radical (unpaired) electrons. The molecule has 7 nitrogen and oxygen atoms in total. The van der Waals surface area contributed by atoms with Gasteiger partial charge in [0.1, 0.15) is 23.4 Å². The topological polar surface area (TPSA) is 89.4 Å². The summed E-state index contributed by atoms with van der Waals surface area (Å²) in [6.07, 6.45) is 8.26. The molecule has 1 atom stereocenters. The van der Waals surface area contributed by atoms with Gasteiger partial charge in [0.2, 0.25) is 0 Å². The number of nitrogens with one attached hydrogen (secondary N) is 1. The van der Waals surface area contributed by atoms with Crippen molar-refractivity contribution in [3.63, 3.8) is 0 Å². The van der Waals surface area contributed by atoms with Crippen LogP contribution in [0.2, 0.25) is 0 Å². The molecule has 1 unspecified atom stereocenters. The summed E-state index contributed by atoms with van der Waals surface area (Å²) in [6, 6.07) is 12.4. The fourth-order valence-electron chi connectivity index (χ4n) is 4.57. The third kappa shape index (κ3) is 4.25. The molecule has 174 valence electrons. The Morgan fingerprint density at radius 1 is 1.06 bits per heavy atom. The van der Waals surface area contributed by atoms with Gasteiger partial charge < -0.3 is 23.9 Å². The molecule has 1 saturated heterocycles. The average molecular weight is 458 g/mol. The number of rotatable bonds is 6. The fraction of sp³-hybridized carbons (Fsp3) is 0.333. The molecule has 3 heterocycles. The number of fused-ring (bicyclic) bond motifs is 1. The van der Waals surface area contributed by atoms with Gasteiger partial charge in [0.15, 0.2) is 11.5 Å². The van der Waals surface area contributed by atoms with Crippen molar-refractivity contribution in [3.05, 3.63) is 60.0 Å². The highest BCUT2D eigenvalue weighted by Crippen LogP contribution is 2.38. The van der Waals surface area contributed by atoms with E-state index in [1.165, 1.54) is 0 Å². The zero-order chi connectivity index (χ0) is 23.5. The normalized spacial score (nSPS) is 18.7. The Hall–Kier alpha value is -3.76. The zero-order valence-corrected chi connectivity index (χ0v) is 19.3. The maximum atomic E-state index is 9.85. The van der Waals surface area contributed by atoms with Crippen LogP contribution in [0.1, 0.15) is 24.8 Å². The molecule has 0 saturated carbocycles. The summed E-state index contributed by atoms with van der Waals surface area (Å²) in [5.74, 6) is 1.79. The SMILES string of the molecule is COc1ccc(-c2cc3c(C4=CC=C(OC5CCOCC5)C(C#N)C4)ccnc3[nH]2)cc1OC. The molecule has 3 aromatic rings. The van der Waals surface area contributed by atoms with Gasteiger partial charge >= 0.3 is 0 Å². The van der Waals surface area contributed by atoms with Crippen molar-refractivity contribution >= 4 is 16.6 Å². The van der Waals surface area contributed by atoms with E-state index in [0.29, 0.717) is 31.1 Å². The molecule has 0 amide bonds. The molecule has 34 heavy (non-hydrogen) atoms. The number of H-pyrrole nitrogens is 1. The first-order valence-electron chi connectivity index (χ1n) is 11.5.